The summed E-state index contributed by atoms with van der Waals surface area (Å²) >= 11 is 0. The molecule has 0 saturated heterocycles. The SMILES string of the molecule is Cc1c[cH-]c2ccccc12.[Ti+4].[c-]1ccccc1.[c-]1ccccc1.[c-]1ccccc1. The van der Waals surface area contributed by atoms with Crippen LogP contribution in [-0.2, 0) is 21.7 Å². The molecule has 0 saturated carbocycles. The predicted molar refractivity (Wildman–Crippen MR) is 120 cm³/mol. The van der Waals surface area contributed by atoms with Crippen molar-refractivity contribution in [1.82, 2.24) is 0 Å². The molecule has 0 N–H and O–H groups in total. The first-order valence-electron chi connectivity index (χ1n) is 9.22. The Morgan fingerprint density at radius 3 is 1.28 bits per heavy atom. The summed E-state index contributed by atoms with van der Waals surface area (Å²) < 4.78 is 0. The van der Waals surface area contributed by atoms with Crippen molar-refractivity contribution < 1.29 is 21.7 Å². The fraction of sp³-hybridized carbons (Fsp3) is 0.0357. The molecule has 0 aromatic heterocycles. The number of aryl methyl sites for hydroxylation is 1. The van der Waals surface area contributed by atoms with Gasteiger partial charge < -0.3 is 0 Å². The van der Waals surface area contributed by atoms with Gasteiger partial charge in [0.1, 0.15) is 0 Å². The number of hydrogen-bond donors (Lipinski definition) is 0. The Morgan fingerprint density at radius 2 is 0.966 bits per heavy atom. The molecular formula is C28H24Ti. The maximum atomic E-state index is 2.89. The fourth-order valence-corrected chi connectivity index (χ4v) is 2.33. The van der Waals surface area contributed by atoms with Gasteiger partial charge in [0.2, 0.25) is 0 Å². The standard InChI is InChI=1S/C10H9.3C6H5.Ti/c1-8-6-7-9-4-2-3-5-10(8)9;3*1-2-4-6-5-3-1;/h2-7H,1H3;3*1-5H;/q4*-1;+4. The molecule has 5 aromatic carbocycles. The van der Waals surface area contributed by atoms with Crippen molar-refractivity contribution in [3.63, 3.8) is 0 Å². The van der Waals surface area contributed by atoms with Crippen molar-refractivity contribution in [2.24, 2.45) is 0 Å². The minimum atomic E-state index is 0. The Hall–Kier alpha value is -2.80. The number of rotatable bonds is 0. The van der Waals surface area contributed by atoms with Gasteiger partial charge in [0.15, 0.2) is 0 Å². The molecule has 0 heterocycles. The van der Waals surface area contributed by atoms with Crippen molar-refractivity contribution in [2.45, 2.75) is 6.92 Å². The van der Waals surface area contributed by atoms with Crippen LogP contribution in [-0.4, -0.2) is 0 Å². The Morgan fingerprint density at radius 1 is 0.552 bits per heavy atom. The molecule has 5 aromatic rings. The summed E-state index contributed by atoms with van der Waals surface area (Å²) in [4.78, 5) is 0. The number of hydrogen-bond acceptors (Lipinski definition) is 0. The Bertz CT molecular complexity index is 803. The van der Waals surface area contributed by atoms with Gasteiger partial charge in [-0.3, -0.25) is 0 Å². The summed E-state index contributed by atoms with van der Waals surface area (Å²) in [6, 6.07) is 50.3. The van der Waals surface area contributed by atoms with Crippen LogP contribution in [0, 0.1) is 25.1 Å². The van der Waals surface area contributed by atoms with E-state index in [1.807, 2.05) is 91.0 Å². The average Bonchev–Trinajstić information content (AvgIpc) is 3.20. The van der Waals surface area contributed by atoms with Gasteiger partial charge in [0, 0.05) is 0 Å². The molecule has 0 atom stereocenters. The predicted octanol–water partition coefficient (Wildman–Crippen LogP) is 7.32. The first-order chi connectivity index (χ1) is 13.9. The van der Waals surface area contributed by atoms with Crippen LogP contribution in [0.15, 0.2) is 127 Å². The summed E-state index contributed by atoms with van der Waals surface area (Å²) in [5.41, 5.74) is 1.37. The summed E-state index contributed by atoms with van der Waals surface area (Å²) in [6.45, 7) is 2.14. The van der Waals surface area contributed by atoms with E-state index in [1.165, 1.54) is 16.3 Å². The van der Waals surface area contributed by atoms with E-state index < -0.39 is 0 Å². The largest absolute Gasteiger partial charge is 4.00 e. The monoisotopic (exact) mass is 408 g/mol. The summed E-state index contributed by atoms with van der Waals surface area (Å²) in [7, 11) is 0. The molecule has 140 valence electrons. The minimum Gasteiger partial charge on any atom is -0.184 e. The zero-order valence-corrected chi connectivity index (χ0v) is 18.2. The minimum absolute atomic E-state index is 0. The maximum Gasteiger partial charge on any atom is 4.00 e. The molecular weight excluding hydrogens is 384 g/mol. The Balaban J connectivity index is 0.000000197. The van der Waals surface area contributed by atoms with Crippen LogP contribution in [0.4, 0.5) is 0 Å². The normalized spacial score (nSPS) is 8.59. The van der Waals surface area contributed by atoms with E-state index in [-0.39, 0.29) is 21.7 Å². The topological polar surface area (TPSA) is 0 Å². The second kappa shape index (κ2) is 16.2. The van der Waals surface area contributed by atoms with Gasteiger partial charge >= 0.3 is 21.7 Å². The van der Waals surface area contributed by atoms with Gasteiger partial charge in [-0.1, -0.05) is 13.0 Å². The quantitative estimate of drug-likeness (QED) is 0.186. The van der Waals surface area contributed by atoms with Gasteiger partial charge in [-0.2, -0.15) is 121 Å². The van der Waals surface area contributed by atoms with Gasteiger partial charge in [0.25, 0.3) is 0 Å². The molecule has 0 fully saturated rings. The third-order valence-electron chi connectivity index (χ3n) is 3.72. The Labute approximate surface area is 190 Å². The molecule has 0 aliphatic rings. The average molecular weight is 408 g/mol. The smallest absolute Gasteiger partial charge is 0.184 e. The number of fused-ring (bicyclic) bond motifs is 1. The zero-order valence-electron chi connectivity index (χ0n) is 16.6. The van der Waals surface area contributed by atoms with Crippen molar-refractivity contribution in [3.8, 4) is 0 Å². The van der Waals surface area contributed by atoms with E-state index in [0.717, 1.165) is 0 Å². The van der Waals surface area contributed by atoms with E-state index in [1.54, 1.807) is 0 Å². The van der Waals surface area contributed by atoms with Crippen LogP contribution in [0.3, 0.4) is 0 Å². The number of benzene rings is 4. The zero-order chi connectivity index (χ0) is 19.7. The summed E-state index contributed by atoms with van der Waals surface area (Å²) in [5.74, 6) is 0. The molecule has 29 heavy (non-hydrogen) atoms. The Kier molecular flexibility index (Phi) is 13.5. The van der Waals surface area contributed by atoms with E-state index in [0.29, 0.717) is 0 Å². The van der Waals surface area contributed by atoms with Crippen LogP contribution in [0.1, 0.15) is 5.56 Å². The molecule has 1 heteroatoms. The van der Waals surface area contributed by atoms with E-state index in [4.69, 9.17) is 0 Å². The van der Waals surface area contributed by atoms with Crippen molar-refractivity contribution in [2.75, 3.05) is 0 Å². The first kappa shape index (κ1) is 24.2. The van der Waals surface area contributed by atoms with Crippen LogP contribution in [0.5, 0.6) is 0 Å². The molecule has 0 nitrogen and oxygen atoms in total. The maximum absolute atomic E-state index is 2.89. The molecule has 0 unspecified atom stereocenters. The molecule has 0 radical (unpaired) electrons. The van der Waals surface area contributed by atoms with Crippen LogP contribution in [0.25, 0.3) is 10.8 Å². The van der Waals surface area contributed by atoms with Crippen molar-refractivity contribution in [1.29, 1.82) is 0 Å². The van der Waals surface area contributed by atoms with Gasteiger partial charge in [-0.05, 0) is 0 Å². The molecule has 0 bridgehead atoms. The third kappa shape index (κ3) is 11.0. The first-order valence-corrected chi connectivity index (χ1v) is 9.22. The molecule has 0 amide bonds. The third-order valence-corrected chi connectivity index (χ3v) is 3.72. The van der Waals surface area contributed by atoms with Gasteiger partial charge in [0.05, 0.1) is 0 Å². The van der Waals surface area contributed by atoms with Crippen LogP contribution in [0.2, 0.25) is 0 Å². The second-order valence-corrected chi connectivity index (χ2v) is 5.84. The van der Waals surface area contributed by atoms with E-state index >= 15 is 0 Å². The molecule has 5 rings (SSSR count). The molecule has 0 aliphatic carbocycles. The van der Waals surface area contributed by atoms with Crippen LogP contribution >= 0.6 is 0 Å². The van der Waals surface area contributed by atoms with E-state index in [9.17, 15) is 0 Å². The second-order valence-electron chi connectivity index (χ2n) is 5.84. The van der Waals surface area contributed by atoms with Crippen molar-refractivity contribution in [3.05, 3.63) is 151 Å². The molecule has 0 aliphatic heterocycles. The van der Waals surface area contributed by atoms with Gasteiger partial charge in [-0.25, -0.2) is 0 Å². The summed E-state index contributed by atoms with van der Waals surface area (Å²) in [5, 5.41) is 2.72. The van der Waals surface area contributed by atoms with E-state index in [2.05, 4.69) is 61.5 Å². The fourth-order valence-electron chi connectivity index (χ4n) is 2.33. The molecule has 0 spiro atoms. The van der Waals surface area contributed by atoms with Crippen molar-refractivity contribution >= 4 is 10.8 Å². The summed E-state index contributed by atoms with van der Waals surface area (Å²) in [6.07, 6.45) is 0. The van der Waals surface area contributed by atoms with Crippen LogP contribution < -0.4 is 0 Å². The van der Waals surface area contributed by atoms with Gasteiger partial charge in [-0.15, -0.1) is 35.0 Å².